The van der Waals surface area contributed by atoms with E-state index in [1.165, 1.54) is 6.07 Å². The monoisotopic (exact) mass is 278 g/mol. The number of nitrogens with zero attached hydrogens (tertiary/aromatic N) is 1. The number of rotatable bonds is 6. The lowest BCUT2D eigenvalue weighted by molar-refractivity contribution is 0.286. The minimum atomic E-state index is -0.271. The fourth-order valence-corrected chi connectivity index (χ4v) is 2.01. The summed E-state index contributed by atoms with van der Waals surface area (Å²) in [6.45, 7) is 6.79. The molecule has 1 heterocycles. The van der Waals surface area contributed by atoms with Gasteiger partial charge in [-0.15, -0.1) is 0 Å². The number of aromatic nitrogens is 1. The molecule has 108 valence electrons. The maximum absolute atomic E-state index is 14.0. The zero-order valence-electron chi connectivity index (χ0n) is 11.9. The smallest absolute Gasteiger partial charge is 0.134 e. The van der Waals surface area contributed by atoms with E-state index in [0.717, 1.165) is 12.3 Å². The van der Waals surface area contributed by atoms with Gasteiger partial charge < -0.3 is 14.6 Å². The van der Waals surface area contributed by atoms with Crippen LogP contribution in [-0.2, 0) is 6.61 Å². The lowest BCUT2D eigenvalue weighted by Crippen LogP contribution is -2.18. The molecule has 1 atom stereocenters. The molecule has 1 aromatic heterocycles. The van der Waals surface area contributed by atoms with Gasteiger partial charge in [0.1, 0.15) is 29.6 Å². The summed E-state index contributed by atoms with van der Waals surface area (Å²) in [5, 5.41) is 7.00. The predicted octanol–water partition coefficient (Wildman–Crippen LogP) is 3.37. The SMILES string of the molecule is CCNC(C)c1ccc(OCc2cc(C)on2)cc1F. The van der Waals surface area contributed by atoms with Crippen molar-refractivity contribution in [2.75, 3.05) is 6.54 Å². The topological polar surface area (TPSA) is 47.3 Å². The van der Waals surface area contributed by atoms with E-state index in [9.17, 15) is 4.39 Å². The highest BCUT2D eigenvalue weighted by atomic mass is 19.1. The number of halogens is 1. The average molecular weight is 278 g/mol. The number of aryl methyl sites for hydroxylation is 1. The summed E-state index contributed by atoms with van der Waals surface area (Å²) in [4.78, 5) is 0. The van der Waals surface area contributed by atoms with Crippen molar-refractivity contribution in [3.05, 3.63) is 47.1 Å². The summed E-state index contributed by atoms with van der Waals surface area (Å²) in [5.41, 5.74) is 1.32. The van der Waals surface area contributed by atoms with E-state index in [0.29, 0.717) is 17.0 Å². The van der Waals surface area contributed by atoms with Crippen molar-refractivity contribution in [1.29, 1.82) is 0 Å². The van der Waals surface area contributed by atoms with Crippen molar-refractivity contribution in [2.24, 2.45) is 0 Å². The number of benzene rings is 1. The molecule has 0 saturated carbocycles. The molecule has 0 amide bonds. The van der Waals surface area contributed by atoms with Crippen LogP contribution in [0.2, 0.25) is 0 Å². The Labute approximate surface area is 117 Å². The molecule has 0 saturated heterocycles. The van der Waals surface area contributed by atoms with Crippen LogP contribution in [0.4, 0.5) is 4.39 Å². The van der Waals surface area contributed by atoms with Gasteiger partial charge in [-0.2, -0.15) is 0 Å². The first-order valence-corrected chi connectivity index (χ1v) is 6.68. The molecular formula is C15H19FN2O2. The molecule has 1 unspecified atom stereocenters. The maximum Gasteiger partial charge on any atom is 0.134 e. The van der Waals surface area contributed by atoms with Gasteiger partial charge in [0, 0.05) is 23.7 Å². The number of ether oxygens (including phenoxy) is 1. The fourth-order valence-electron chi connectivity index (χ4n) is 2.01. The third kappa shape index (κ3) is 3.57. The third-order valence-corrected chi connectivity index (χ3v) is 3.01. The van der Waals surface area contributed by atoms with Gasteiger partial charge in [-0.05, 0) is 26.5 Å². The first kappa shape index (κ1) is 14.5. The third-order valence-electron chi connectivity index (χ3n) is 3.01. The highest BCUT2D eigenvalue weighted by molar-refractivity contribution is 5.30. The molecule has 1 aromatic carbocycles. The maximum atomic E-state index is 14.0. The normalized spacial score (nSPS) is 12.4. The van der Waals surface area contributed by atoms with Crippen molar-refractivity contribution in [3.63, 3.8) is 0 Å². The van der Waals surface area contributed by atoms with E-state index in [1.807, 2.05) is 20.8 Å². The van der Waals surface area contributed by atoms with Crippen LogP contribution in [0.5, 0.6) is 5.75 Å². The van der Waals surface area contributed by atoms with Gasteiger partial charge in [-0.1, -0.05) is 18.1 Å². The Hall–Kier alpha value is -1.88. The van der Waals surface area contributed by atoms with Crippen molar-refractivity contribution < 1.29 is 13.7 Å². The Morgan fingerprint density at radius 2 is 2.20 bits per heavy atom. The van der Waals surface area contributed by atoms with Crippen LogP contribution in [0.25, 0.3) is 0 Å². The molecule has 0 bridgehead atoms. The van der Waals surface area contributed by atoms with Gasteiger partial charge in [-0.3, -0.25) is 0 Å². The van der Waals surface area contributed by atoms with Gasteiger partial charge >= 0.3 is 0 Å². The van der Waals surface area contributed by atoms with Crippen LogP contribution in [0.1, 0.15) is 36.9 Å². The first-order chi connectivity index (χ1) is 9.60. The molecule has 0 aliphatic carbocycles. The summed E-state index contributed by atoms with van der Waals surface area (Å²) < 4.78 is 24.4. The molecule has 2 rings (SSSR count). The van der Waals surface area contributed by atoms with E-state index in [4.69, 9.17) is 9.26 Å². The molecule has 20 heavy (non-hydrogen) atoms. The van der Waals surface area contributed by atoms with E-state index in [2.05, 4.69) is 10.5 Å². The predicted molar refractivity (Wildman–Crippen MR) is 74.1 cm³/mol. The van der Waals surface area contributed by atoms with E-state index < -0.39 is 0 Å². The van der Waals surface area contributed by atoms with Crippen LogP contribution >= 0.6 is 0 Å². The Kier molecular flexibility index (Phi) is 4.74. The molecule has 0 aliphatic heterocycles. The molecule has 2 aromatic rings. The highest BCUT2D eigenvalue weighted by Gasteiger charge is 2.11. The van der Waals surface area contributed by atoms with Crippen molar-refractivity contribution >= 4 is 0 Å². The molecule has 0 aliphatic rings. The molecule has 1 N–H and O–H groups in total. The molecule has 0 radical (unpaired) electrons. The van der Waals surface area contributed by atoms with Crippen LogP contribution in [-0.4, -0.2) is 11.7 Å². The highest BCUT2D eigenvalue weighted by Crippen LogP contribution is 2.22. The minimum Gasteiger partial charge on any atom is -0.487 e. The minimum absolute atomic E-state index is 0.0211. The lowest BCUT2D eigenvalue weighted by atomic mass is 10.1. The summed E-state index contributed by atoms with van der Waals surface area (Å²) in [6, 6.07) is 6.67. The molecule has 5 heteroatoms. The summed E-state index contributed by atoms with van der Waals surface area (Å²) in [6.07, 6.45) is 0. The van der Waals surface area contributed by atoms with Gasteiger partial charge in [0.05, 0.1) is 0 Å². The van der Waals surface area contributed by atoms with E-state index in [1.54, 1.807) is 18.2 Å². The summed E-state index contributed by atoms with van der Waals surface area (Å²) in [5.74, 6) is 0.937. The number of hydrogen-bond acceptors (Lipinski definition) is 4. The van der Waals surface area contributed by atoms with Gasteiger partial charge in [0.15, 0.2) is 0 Å². The second-order valence-electron chi connectivity index (χ2n) is 4.68. The molecule has 4 nitrogen and oxygen atoms in total. The van der Waals surface area contributed by atoms with Gasteiger partial charge in [0.2, 0.25) is 0 Å². The van der Waals surface area contributed by atoms with E-state index >= 15 is 0 Å². The van der Waals surface area contributed by atoms with Gasteiger partial charge in [0.25, 0.3) is 0 Å². The van der Waals surface area contributed by atoms with Crippen LogP contribution in [0.3, 0.4) is 0 Å². The second-order valence-corrected chi connectivity index (χ2v) is 4.68. The Balaban J connectivity index is 2.01. The van der Waals surface area contributed by atoms with Crippen molar-refractivity contribution in [1.82, 2.24) is 10.5 Å². The van der Waals surface area contributed by atoms with Gasteiger partial charge in [-0.25, -0.2) is 4.39 Å². The fraction of sp³-hybridized carbons (Fsp3) is 0.400. The zero-order chi connectivity index (χ0) is 14.5. The summed E-state index contributed by atoms with van der Waals surface area (Å²) >= 11 is 0. The van der Waals surface area contributed by atoms with Crippen molar-refractivity contribution in [3.8, 4) is 5.75 Å². The first-order valence-electron chi connectivity index (χ1n) is 6.68. The Bertz CT molecular complexity index is 569. The van der Waals surface area contributed by atoms with Crippen LogP contribution in [0.15, 0.2) is 28.8 Å². The van der Waals surface area contributed by atoms with Crippen LogP contribution < -0.4 is 10.1 Å². The van der Waals surface area contributed by atoms with Crippen molar-refractivity contribution in [2.45, 2.75) is 33.4 Å². The second kappa shape index (κ2) is 6.52. The lowest BCUT2D eigenvalue weighted by Gasteiger charge is -2.14. The standard InChI is InChI=1S/C15H19FN2O2/c1-4-17-11(3)14-6-5-13(8-15(14)16)19-9-12-7-10(2)20-18-12/h5-8,11,17H,4,9H2,1-3H3. The Morgan fingerprint density at radius 3 is 2.80 bits per heavy atom. The largest absolute Gasteiger partial charge is 0.487 e. The average Bonchev–Trinajstić information content (AvgIpc) is 2.82. The van der Waals surface area contributed by atoms with E-state index in [-0.39, 0.29) is 18.5 Å². The summed E-state index contributed by atoms with van der Waals surface area (Å²) in [7, 11) is 0. The quantitative estimate of drug-likeness (QED) is 0.880. The molecule has 0 fully saturated rings. The zero-order valence-corrected chi connectivity index (χ0v) is 11.9. The molecule has 0 spiro atoms. The number of nitrogens with one attached hydrogen (secondary N) is 1. The molecular weight excluding hydrogens is 259 g/mol. The van der Waals surface area contributed by atoms with Crippen LogP contribution in [0, 0.1) is 12.7 Å². The Morgan fingerprint density at radius 1 is 1.40 bits per heavy atom. The number of hydrogen-bond donors (Lipinski definition) is 1.